The molecule has 2 aromatic rings. The smallest absolute Gasteiger partial charge is 0.429 e. The third-order valence-corrected chi connectivity index (χ3v) is 5.69. The molecule has 1 aromatic heterocycles. The van der Waals surface area contributed by atoms with E-state index in [4.69, 9.17) is 25.5 Å². The fourth-order valence-electron chi connectivity index (χ4n) is 2.46. The summed E-state index contributed by atoms with van der Waals surface area (Å²) in [7, 11) is -3.74. The number of morpholine rings is 1. The minimum Gasteiger partial charge on any atom is -0.448 e. The normalized spacial score (nSPS) is 16.2. The van der Waals surface area contributed by atoms with Crippen molar-refractivity contribution in [2.24, 2.45) is 0 Å². The van der Waals surface area contributed by atoms with Gasteiger partial charge in [-0.3, -0.25) is 0 Å². The molecule has 1 saturated heterocycles. The van der Waals surface area contributed by atoms with Crippen LogP contribution < -0.4 is 5.76 Å². The Hall–Kier alpha value is -1.88. The summed E-state index contributed by atoms with van der Waals surface area (Å²) in [6.07, 6.45) is -0.937. The maximum atomic E-state index is 12.6. The van der Waals surface area contributed by atoms with Gasteiger partial charge in [0.2, 0.25) is 10.0 Å². The Morgan fingerprint density at radius 2 is 2.00 bits per heavy atom. The van der Waals surface area contributed by atoms with Crippen LogP contribution in [0.5, 0.6) is 0 Å². The maximum absolute atomic E-state index is 12.6. The molecule has 1 aliphatic rings. The zero-order chi connectivity index (χ0) is 18.0. The summed E-state index contributed by atoms with van der Waals surface area (Å²) >= 11 is 5.44. The molecule has 25 heavy (non-hydrogen) atoms. The molecule has 3 rings (SSSR count). The molecule has 0 saturated carbocycles. The van der Waals surface area contributed by atoms with Crippen LogP contribution in [0, 0.1) is 0 Å². The second-order valence-electron chi connectivity index (χ2n) is 5.15. The lowest BCUT2D eigenvalue weighted by molar-refractivity contribution is 0.0730. The molecular formula is C14H15ClN2O7S. The van der Waals surface area contributed by atoms with Gasteiger partial charge in [0.25, 0.3) is 0 Å². The van der Waals surface area contributed by atoms with Gasteiger partial charge in [0.05, 0.1) is 24.0 Å². The molecule has 1 aliphatic heterocycles. The predicted molar refractivity (Wildman–Crippen MR) is 87.5 cm³/mol. The molecule has 136 valence electrons. The van der Waals surface area contributed by atoms with Crippen molar-refractivity contribution in [2.45, 2.75) is 4.90 Å². The quantitative estimate of drug-likeness (QED) is 0.711. The number of sulfonamides is 1. The van der Waals surface area contributed by atoms with Gasteiger partial charge in [-0.1, -0.05) is 0 Å². The third kappa shape index (κ3) is 3.43. The van der Waals surface area contributed by atoms with E-state index in [0.29, 0.717) is 17.8 Å². The lowest BCUT2D eigenvalue weighted by atomic mass is 10.3. The molecular weight excluding hydrogens is 376 g/mol. The molecule has 0 unspecified atom stereocenters. The third-order valence-electron chi connectivity index (χ3n) is 3.65. The van der Waals surface area contributed by atoms with E-state index in [2.05, 4.69) is 0 Å². The van der Waals surface area contributed by atoms with E-state index in [9.17, 15) is 18.0 Å². The minimum atomic E-state index is -3.74. The summed E-state index contributed by atoms with van der Waals surface area (Å²) in [5.74, 6) is -0.881. The first-order chi connectivity index (χ1) is 11.9. The molecule has 0 aliphatic carbocycles. The Morgan fingerprint density at radius 1 is 1.28 bits per heavy atom. The second kappa shape index (κ2) is 7.16. The standard InChI is InChI=1S/C14H15ClN2O7S/c15-3-6-23-13(18)17-11-2-1-10(9-12(11)24-14(17)19)25(20,21)16-4-7-22-8-5-16/h1-2,9H,3-8H2. The monoisotopic (exact) mass is 390 g/mol. The van der Waals surface area contributed by atoms with Crippen molar-refractivity contribution >= 4 is 38.8 Å². The highest BCUT2D eigenvalue weighted by molar-refractivity contribution is 7.89. The van der Waals surface area contributed by atoms with Crippen molar-refractivity contribution in [3.05, 3.63) is 28.7 Å². The average Bonchev–Trinajstić information content (AvgIpc) is 2.95. The van der Waals surface area contributed by atoms with E-state index in [-0.39, 0.29) is 41.6 Å². The van der Waals surface area contributed by atoms with Crippen LogP contribution in [0.3, 0.4) is 0 Å². The van der Waals surface area contributed by atoms with E-state index in [0.717, 1.165) is 0 Å². The Bertz CT molecular complexity index is 944. The fourth-order valence-corrected chi connectivity index (χ4v) is 3.96. The minimum absolute atomic E-state index is 0.0258. The first kappa shape index (κ1) is 17.9. The molecule has 0 bridgehead atoms. The number of oxazole rings is 1. The molecule has 9 nitrogen and oxygen atoms in total. The van der Waals surface area contributed by atoms with Gasteiger partial charge in [-0.05, 0) is 12.1 Å². The summed E-state index contributed by atoms with van der Waals surface area (Å²) in [5, 5.41) is 0. The Balaban J connectivity index is 1.99. The number of ether oxygens (including phenoxy) is 2. The van der Waals surface area contributed by atoms with Crippen LogP contribution in [0.15, 0.2) is 32.3 Å². The second-order valence-corrected chi connectivity index (χ2v) is 7.47. The van der Waals surface area contributed by atoms with Gasteiger partial charge < -0.3 is 13.9 Å². The number of hydrogen-bond acceptors (Lipinski definition) is 7. The summed E-state index contributed by atoms with van der Waals surface area (Å²) in [6.45, 7) is 1.06. The first-order valence-electron chi connectivity index (χ1n) is 7.42. The number of carbonyl (C=O) groups excluding carboxylic acids is 1. The van der Waals surface area contributed by atoms with Crippen molar-refractivity contribution in [2.75, 3.05) is 38.8 Å². The van der Waals surface area contributed by atoms with Crippen molar-refractivity contribution in [1.82, 2.24) is 8.87 Å². The highest BCUT2D eigenvalue weighted by Crippen LogP contribution is 2.22. The van der Waals surface area contributed by atoms with Crippen molar-refractivity contribution < 1.29 is 27.1 Å². The van der Waals surface area contributed by atoms with Gasteiger partial charge in [0.15, 0.2) is 5.58 Å². The van der Waals surface area contributed by atoms with Gasteiger partial charge in [-0.25, -0.2) is 18.0 Å². The van der Waals surface area contributed by atoms with Crippen LogP contribution in [0.2, 0.25) is 0 Å². The summed E-state index contributed by atoms with van der Waals surface area (Å²) in [6, 6.07) is 3.86. The molecule has 0 spiro atoms. The molecule has 0 atom stereocenters. The number of carbonyl (C=O) groups is 1. The fraction of sp³-hybridized carbons (Fsp3) is 0.429. The van der Waals surface area contributed by atoms with E-state index in [1.54, 1.807) is 0 Å². The van der Waals surface area contributed by atoms with Gasteiger partial charge in [0.1, 0.15) is 12.1 Å². The van der Waals surface area contributed by atoms with E-state index in [1.807, 2.05) is 0 Å². The van der Waals surface area contributed by atoms with Crippen LogP contribution in [-0.2, 0) is 19.5 Å². The Labute approximate surface area is 147 Å². The number of benzene rings is 1. The molecule has 2 heterocycles. The summed E-state index contributed by atoms with van der Waals surface area (Å²) in [5.41, 5.74) is 0.0904. The topological polar surface area (TPSA) is 108 Å². The molecule has 0 amide bonds. The van der Waals surface area contributed by atoms with Gasteiger partial charge in [-0.2, -0.15) is 8.87 Å². The number of alkyl halides is 1. The largest absolute Gasteiger partial charge is 0.448 e. The van der Waals surface area contributed by atoms with Crippen LogP contribution in [0.4, 0.5) is 4.79 Å². The number of nitrogens with zero attached hydrogens (tertiary/aromatic N) is 2. The first-order valence-corrected chi connectivity index (χ1v) is 9.39. The van der Waals surface area contributed by atoms with E-state index < -0.39 is 21.9 Å². The summed E-state index contributed by atoms with van der Waals surface area (Å²) < 4.78 is 42.2. The van der Waals surface area contributed by atoms with Crippen LogP contribution in [-0.4, -0.2) is 62.2 Å². The van der Waals surface area contributed by atoms with Crippen LogP contribution in [0.25, 0.3) is 11.1 Å². The van der Waals surface area contributed by atoms with Gasteiger partial charge in [-0.15, -0.1) is 11.6 Å². The Kier molecular flexibility index (Phi) is 5.13. The van der Waals surface area contributed by atoms with Crippen molar-refractivity contribution in [3.63, 3.8) is 0 Å². The Morgan fingerprint density at radius 3 is 2.68 bits per heavy atom. The number of halogens is 1. The molecule has 1 aromatic carbocycles. The number of aromatic nitrogens is 1. The van der Waals surface area contributed by atoms with Gasteiger partial charge >= 0.3 is 11.8 Å². The molecule has 1 fully saturated rings. The zero-order valence-electron chi connectivity index (χ0n) is 13.0. The maximum Gasteiger partial charge on any atom is 0.429 e. The SMILES string of the molecule is O=C(OCCCl)n1c(=O)oc2cc(S(=O)(=O)N3CCOCC3)ccc21. The lowest BCUT2D eigenvalue weighted by Crippen LogP contribution is -2.40. The summed E-state index contributed by atoms with van der Waals surface area (Å²) in [4.78, 5) is 23.8. The number of fused-ring (bicyclic) bond motifs is 1. The average molecular weight is 391 g/mol. The molecule has 0 N–H and O–H groups in total. The van der Waals surface area contributed by atoms with Crippen LogP contribution in [0.1, 0.15) is 0 Å². The van der Waals surface area contributed by atoms with Crippen molar-refractivity contribution in [3.8, 4) is 0 Å². The number of rotatable bonds is 4. The zero-order valence-corrected chi connectivity index (χ0v) is 14.6. The molecule has 11 heteroatoms. The van der Waals surface area contributed by atoms with Gasteiger partial charge in [0, 0.05) is 19.2 Å². The van der Waals surface area contributed by atoms with Crippen LogP contribution >= 0.6 is 11.6 Å². The predicted octanol–water partition coefficient (Wildman–Crippen LogP) is 0.839. The highest BCUT2D eigenvalue weighted by atomic mass is 35.5. The molecule has 0 radical (unpaired) electrons. The van der Waals surface area contributed by atoms with Crippen molar-refractivity contribution in [1.29, 1.82) is 0 Å². The highest BCUT2D eigenvalue weighted by Gasteiger charge is 2.27. The number of hydrogen-bond donors (Lipinski definition) is 0. The van der Waals surface area contributed by atoms with E-state index in [1.165, 1.54) is 22.5 Å². The lowest BCUT2D eigenvalue weighted by Gasteiger charge is -2.25. The van der Waals surface area contributed by atoms with E-state index >= 15 is 0 Å².